The monoisotopic (exact) mass is 322 g/mol. The average molecular weight is 322 g/mol. The van der Waals surface area contributed by atoms with Crippen LogP contribution in [0.2, 0.25) is 0 Å². The fourth-order valence-corrected chi connectivity index (χ4v) is 3.70. The van der Waals surface area contributed by atoms with Crippen LogP contribution in [0.4, 0.5) is 0 Å². The van der Waals surface area contributed by atoms with Gasteiger partial charge in [0.1, 0.15) is 0 Å². The Morgan fingerprint density at radius 3 is 2.92 bits per heavy atom. The summed E-state index contributed by atoms with van der Waals surface area (Å²) in [5.41, 5.74) is 4.11. The van der Waals surface area contributed by atoms with Crippen LogP contribution in [-0.2, 0) is 6.54 Å². The van der Waals surface area contributed by atoms with E-state index in [1.54, 1.807) is 0 Å². The molecule has 1 N–H and O–H groups in total. The number of rotatable bonds is 2. The molecule has 1 aromatic carbocycles. The molecule has 0 spiro atoms. The maximum Gasteiger partial charge on any atom is 0.290 e. The van der Waals surface area contributed by atoms with E-state index in [4.69, 9.17) is 0 Å². The summed E-state index contributed by atoms with van der Waals surface area (Å²) < 4.78 is 2.25. The highest BCUT2D eigenvalue weighted by Crippen LogP contribution is 2.33. The number of aromatic nitrogens is 3. The van der Waals surface area contributed by atoms with E-state index in [-0.39, 0.29) is 11.9 Å². The van der Waals surface area contributed by atoms with E-state index in [9.17, 15) is 4.79 Å². The number of benzene rings is 1. The van der Waals surface area contributed by atoms with Crippen LogP contribution in [0, 0.1) is 12.8 Å². The van der Waals surface area contributed by atoms with Crippen molar-refractivity contribution >= 4 is 16.9 Å². The third-order valence-electron chi connectivity index (χ3n) is 4.82. The number of amides is 1. The number of aryl methyl sites for hydroxylation is 1. The lowest BCUT2D eigenvalue weighted by Crippen LogP contribution is -2.44. The van der Waals surface area contributed by atoms with Gasteiger partial charge in [0.05, 0.1) is 17.1 Å². The van der Waals surface area contributed by atoms with Crippen LogP contribution in [0.5, 0.6) is 0 Å². The SMILES string of the molecule is Cc1ccc2nc(C(=O)N3CCn4cccc4C3C(C)C)[nH]c2c1. The van der Waals surface area contributed by atoms with E-state index < -0.39 is 0 Å². The minimum absolute atomic E-state index is 0.0185. The number of fused-ring (bicyclic) bond motifs is 2. The summed E-state index contributed by atoms with van der Waals surface area (Å²) in [6.45, 7) is 7.90. The fourth-order valence-electron chi connectivity index (χ4n) is 3.70. The number of carbonyl (C=O) groups excluding carboxylic acids is 1. The molecule has 1 amide bonds. The van der Waals surface area contributed by atoms with E-state index >= 15 is 0 Å². The molecular weight excluding hydrogens is 300 g/mol. The summed E-state index contributed by atoms with van der Waals surface area (Å²) in [5.74, 6) is 0.755. The molecule has 3 aromatic rings. The first-order chi connectivity index (χ1) is 11.5. The normalized spacial score (nSPS) is 17.5. The quantitative estimate of drug-likeness (QED) is 0.785. The molecule has 1 unspecified atom stereocenters. The molecule has 1 atom stereocenters. The highest BCUT2D eigenvalue weighted by molar-refractivity contribution is 5.94. The maximum absolute atomic E-state index is 13.1. The Morgan fingerprint density at radius 2 is 2.12 bits per heavy atom. The van der Waals surface area contributed by atoms with Crippen molar-refractivity contribution in [2.45, 2.75) is 33.4 Å². The summed E-state index contributed by atoms with van der Waals surface area (Å²) in [6.07, 6.45) is 2.09. The van der Waals surface area contributed by atoms with Gasteiger partial charge in [-0.1, -0.05) is 19.9 Å². The van der Waals surface area contributed by atoms with Gasteiger partial charge in [0.25, 0.3) is 5.91 Å². The Balaban J connectivity index is 1.72. The Kier molecular flexibility index (Phi) is 3.44. The predicted molar refractivity (Wildman–Crippen MR) is 93.9 cm³/mol. The van der Waals surface area contributed by atoms with Crippen molar-refractivity contribution in [2.75, 3.05) is 6.54 Å². The molecule has 3 heterocycles. The third-order valence-corrected chi connectivity index (χ3v) is 4.82. The van der Waals surface area contributed by atoms with Gasteiger partial charge in [0.15, 0.2) is 5.82 Å². The Labute approximate surface area is 141 Å². The van der Waals surface area contributed by atoms with Gasteiger partial charge in [-0.05, 0) is 42.7 Å². The number of aromatic amines is 1. The number of carbonyl (C=O) groups is 1. The van der Waals surface area contributed by atoms with Gasteiger partial charge in [0.2, 0.25) is 0 Å². The number of imidazole rings is 1. The van der Waals surface area contributed by atoms with Crippen LogP contribution in [-0.4, -0.2) is 31.9 Å². The second-order valence-corrected chi connectivity index (χ2v) is 6.92. The third kappa shape index (κ3) is 2.31. The molecule has 1 aliphatic rings. The molecule has 0 bridgehead atoms. The number of nitrogens with one attached hydrogen (secondary N) is 1. The van der Waals surface area contributed by atoms with Gasteiger partial charge < -0.3 is 14.5 Å². The van der Waals surface area contributed by atoms with Gasteiger partial charge in [-0.2, -0.15) is 0 Å². The molecule has 0 saturated carbocycles. The summed E-state index contributed by atoms with van der Waals surface area (Å²) in [4.78, 5) is 22.8. The second kappa shape index (κ2) is 5.51. The van der Waals surface area contributed by atoms with Crippen molar-refractivity contribution < 1.29 is 4.79 Å². The lowest BCUT2D eigenvalue weighted by atomic mass is 9.97. The van der Waals surface area contributed by atoms with Crippen LogP contribution in [0.15, 0.2) is 36.5 Å². The number of hydrogen-bond donors (Lipinski definition) is 1. The number of hydrogen-bond acceptors (Lipinski definition) is 2. The van der Waals surface area contributed by atoms with Crippen molar-refractivity contribution in [2.24, 2.45) is 5.92 Å². The van der Waals surface area contributed by atoms with Crippen LogP contribution in [0.1, 0.15) is 41.8 Å². The first-order valence-corrected chi connectivity index (χ1v) is 8.47. The fraction of sp³-hybridized carbons (Fsp3) is 0.368. The lowest BCUT2D eigenvalue weighted by molar-refractivity contribution is 0.0545. The van der Waals surface area contributed by atoms with Crippen molar-refractivity contribution in [3.8, 4) is 0 Å². The van der Waals surface area contributed by atoms with E-state index in [1.165, 1.54) is 5.69 Å². The molecule has 0 radical (unpaired) electrons. The molecule has 5 nitrogen and oxygen atoms in total. The highest BCUT2D eigenvalue weighted by atomic mass is 16.2. The minimum atomic E-state index is -0.0185. The molecule has 4 rings (SSSR count). The summed E-state index contributed by atoms with van der Waals surface area (Å²) in [5, 5.41) is 0. The largest absolute Gasteiger partial charge is 0.348 e. The van der Waals surface area contributed by atoms with Gasteiger partial charge in [0, 0.05) is 25.0 Å². The molecule has 0 aliphatic carbocycles. The minimum Gasteiger partial charge on any atom is -0.348 e. The van der Waals surface area contributed by atoms with Gasteiger partial charge >= 0.3 is 0 Å². The van der Waals surface area contributed by atoms with Crippen molar-refractivity contribution in [1.82, 2.24) is 19.4 Å². The Bertz CT molecular complexity index is 905. The molecule has 1 aliphatic heterocycles. The van der Waals surface area contributed by atoms with E-state index in [1.807, 2.05) is 30.0 Å². The van der Waals surface area contributed by atoms with Crippen LogP contribution in [0.25, 0.3) is 11.0 Å². The molecular formula is C19H22N4O. The smallest absolute Gasteiger partial charge is 0.290 e. The summed E-state index contributed by atoms with van der Waals surface area (Å²) in [7, 11) is 0. The van der Waals surface area contributed by atoms with Crippen LogP contribution < -0.4 is 0 Å². The standard InChI is InChI=1S/C19H22N4O/c1-12(2)17-16-5-4-8-22(16)9-10-23(17)19(24)18-20-14-7-6-13(3)11-15(14)21-18/h4-8,11-12,17H,9-10H2,1-3H3,(H,20,21). The first-order valence-electron chi connectivity index (χ1n) is 8.47. The summed E-state index contributed by atoms with van der Waals surface area (Å²) in [6, 6.07) is 10.3. The van der Waals surface area contributed by atoms with Crippen molar-refractivity contribution in [1.29, 1.82) is 0 Å². The number of H-pyrrole nitrogens is 1. The molecule has 0 fully saturated rings. The lowest BCUT2D eigenvalue weighted by Gasteiger charge is -2.38. The van der Waals surface area contributed by atoms with E-state index in [2.05, 4.69) is 46.7 Å². The van der Waals surface area contributed by atoms with Gasteiger partial charge in [-0.15, -0.1) is 0 Å². The maximum atomic E-state index is 13.1. The zero-order valence-electron chi connectivity index (χ0n) is 14.3. The van der Waals surface area contributed by atoms with Gasteiger partial charge in [-0.25, -0.2) is 4.98 Å². The van der Waals surface area contributed by atoms with Gasteiger partial charge in [-0.3, -0.25) is 4.79 Å². The van der Waals surface area contributed by atoms with Crippen molar-refractivity contribution in [3.63, 3.8) is 0 Å². The predicted octanol–water partition coefficient (Wildman–Crippen LogP) is 3.53. The zero-order chi connectivity index (χ0) is 16.8. The number of nitrogens with zero attached hydrogens (tertiary/aromatic N) is 3. The zero-order valence-corrected chi connectivity index (χ0v) is 14.3. The topological polar surface area (TPSA) is 53.9 Å². The molecule has 5 heteroatoms. The Morgan fingerprint density at radius 1 is 1.29 bits per heavy atom. The average Bonchev–Trinajstić information content (AvgIpc) is 3.18. The summed E-state index contributed by atoms with van der Waals surface area (Å²) >= 11 is 0. The second-order valence-electron chi connectivity index (χ2n) is 6.92. The van der Waals surface area contributed by atoms with Crippen molar-refractivity contribution in [3.05, 3.63) is 53.6 Å². The molecule has 2 aromatic heterocycles. The van der Waals surface area contributed by atoms with E-state index in [0.29, 0.717) is 18.3 Å². The van der Waals surface area contributed by atoms with Crippen LogP contribution >= 0.6 is 0 Å². The first kappa shape index (κ1) is 15.0. The van der Waals surface area contributed by atoms with Crippen LogP contribution in [0.3, 0.4) is 0 Å². The highest BCUT2D eigenvalue weighted by Gasteiger charge is 2.34. The molecule has 0 saturated heterocycles. The molecule has 24 heavy (non-hydrogen) atoms. The van der Waals surface area contributed by atoms with E-state index in [0.717, 1.165) is 23.1 Å². The Hall–Kier alpha value is -2.56. The molecule has 124 valence electrons.